The van der Waals surface area contributed by atoms with Crippen LogP contribution in [-0.4, -0.2) is 36.3 Å². The van der Waals surface area contributed by atoms with Gasteiger partial charge in [-0.05, 0) is 42.5 Å². The molecule has 0 saturated carbocycles. The van der Waals surface area contributed by atoms with E-state index in [0.717, 1.165) is 36.1 Å². The molecule has 2 aromatic rings. The molecular weight excluding hydrogens is 350 g/mol. The van der Waals surface area contributed by atoms with Gasteiger partial charge in [-0.15, -0.1) is 0 Å². The molecule has 5 heteroatoms. The number of likely N-dealkylation sites (tertiary alicyclic amines) is 1. The minimum atomic E-state index is -0.176. The Morgan fingerprint density at radius 2 is 1.93 bits per heavy atom. The number of nitrogens with zero attached hydrogens (tertiary/aromatic N) is 3. The van der Waals surface area contributed by atoms with Gasteiger partial charge in [0.05, 0.1) is 24.0 Å². The molecular formula is C23H23N3O2. The van der Waals surface area contributed by atoms with E-state index in [0.29, 0.717) is 31.6 Å². The quantitative estimate of drug-likeness (QED) is 0.831. The topological polar surface area (TPSA) is 64.4 Å². The maximum Gasteiger partial charge on any atom is 0.231 e. The zero-order valence-electron chi connectivity index (χ0n) is 15.8. The molecule has 0 aromatic heterocycles. The molecule has 0 aliphatic carbocycles. The lowest BCUT2D eigenvalue weighted by Crippen LogP contribution is -2.47. The van der Waals surface area contributed by atoms with Crippen molar-refractivity contribution in [3.63, 3.8) is 0 Å². The van der Waals surface area contributed by atoms with Gasteiger partial charge >= 0.3 is 0 Å². The van der Waals surface area contributed by atoms with E-state index < -0.39 is 0 Å². The van der Waals surface area contributed by atoms with Crippen LogP contribution >= 0.6 is 0 Å². The van der Waals surface area contributed by atoms with E-state index in [4.69, 9.17) is 5.26 Å². The number of fused-ring (bicyclic) bond motifs is 1. The van der Waals surface area contributed by atoms with Crippen molar-refractivity contribution in [1.29, 1.82) is 5.26 Å². The highest BCUT2D eigenvalue weighted by atomic mass is 16.2. The average molecular weight is 373 g/mol. The van der Waals surface area contributed by atoms with Crippen molar-refractivity contribution in [1.82, 2.24) is 4.90 Å². The first-order chi connectivity index (χ1) is 13.7. The van der Waals surface area contributed by atoms with E-state index in [1.807, 2.05) is 46.2 Å². The van der Waals surface area contributed by atoms with Gasteiger partial charge < -0.3 is 9.80 Å². The van der Waals surface area contributed by atoms with E-state index in [1.165, 1.54) is 0 Å². The number of piperidine rings is 1. The van der Waals surface area contributed by atoms with Gasteiger partial charge in [-0.1, -0.05) is 36.4 Å². The summed E-state index contributed by atoms with van der Waals surface area (Å²) in [6.07, 6.45) is 2.84. The molecule has 142 valence electrons. The van der Waals surface area contributed by atoms with Crippen LogP contribution in [0.15, 0.2) is 48.5 Å². The van der Waals surface area contributed by atoms with Crippen molar-refractivity contribution in [2.75, 3.05) is 24.5 Å². The molecule has 0 spiro atoms. The summed E-state index contributed by atoms with van der Waals surface area (Å²) in [5, 5.41) is 9.16. The lowest BCUT2D eigenvalue weighted by Gasteiger charge is -2.34. The molecule has 5 nitrogen and oxygen atoms in total. The summed E-state index contributed by atoms with van der Waals surface area (Å²) in [5.74, 6) is -0.0199. The van der Waals surface area contributed by atoms with Crippen molar-refractivity contribution in [3.05, 3.63) is 65.2 Å². The molecule has 1 fully saturated rings. The summed E-state index contributed by atoms with van der Waals surface area (Å²) in [6.45, 7) is 1.84. The third-order valence-corrected chi connectivity index (χ3v) is 5.70. The Morgan fingerprint density at radius 3 is 2.71 bits per heavy atom. The minimum absolute atomic E-state index is 0.0750. The van der Waals surface area contributed by atoms with Crippen LogP contribution in [-0.2, 0) is 22.4 Å². The molecule has 28 heavy (non-hydrogen) atoms. The first-order valence-electron chi connectivity index (χ1n) is 9.82. The van der Waals surface area contributed by atoms with Crippen LogP contribution in [0, 0.1) is 17.2 Å². The Kier molecular flexibility index (Phi) is 5.12. The van der Waals surface area contributed by atoms with Crippen LogP contribution in [0.4, 0.5) is 5.69 Å². The standard InChI is InChI=1S/C23H23N3O2/c24-15-18-8-9-19-10-12-26(21(19)13-18)23(28)20-7-4-11-25(16-20)22(27)14-17-5-2-1-3-6-17/h1-3,5-6,8-9,13,20H,4,7,10-12,14,16H2/t20-/m1/s1. The van der Waals surface area contributed by atoms with Crippen LogP contribution in [0.5, 0.6) is 0 Å². The Hall–Kier alpha value is -3.13. The second-order valence-electron chi connectivity index (χ2n) is 7.54. The van der Waals surface area contributed by atoms with Crippen LogP contribution < -0.4 is 4.90 Å². The number of nitriles is 1. The van der Waals surface area contributed by atoms with Crippen LogP contribution in [0.1, 0.15) is 29.5 Å². The lowest BCUT2D eigenvalue weighted by atomic mass is 9.95. The van der Waals surface area contributed by atoms with Gasteiger partial charge in [0.25, 0.3) is 0 Å². The molecule has 0 N–H and O–H groups in total. The highest BCUT2D eigenvalue weighted by molar-refractivity contribution is 5.97. The number of anilines is 1. The highest BCUT2D eigenvalue weighted by Crippen LogP contribution is 2.32. The summed E-state index contributed by atoms with van der Waals surface area (Å²) in [4.78, 5) is 29.5. The van der Waals surface area contributed by atoms with Crippen molar-refractivity contribution >= 4 is 17.5 Å². The fraction of sp³-hybridized carbons (Fsp3) is 0.348. The largest absolute Gasteiger partial charge is 0.342 e. The van der Waals surface area contributed by atoms with Gasteiger partial charge in [0.15, 0.2) is 0 Å². The van der Waals surface area contributed by atoms with Gasteiger partial charge in [-0.2, -0.15) is 5.26 Å². The fourth-order valence-electron chi connectivity index (χ4n) is 4.19. The smallest absolute Gasteiger partial charge is 0.231 e. The Morgan fingerprint density at radius 1 is 1.11 bits per heavy atom. The Labute approximate surface area is 165 Å². The summed E-state index contributed by atoms with van der Waals surface area (Å²) in [7, 11) is 0. The third kappa shape index (κ3) is 3.63. The fourth-order valence-corrected chi connectivity index (χ4v) is 4.19. The second-order valence-corrected chi connectivity index (χ2v) is 7.54. The summed E-state index contributed by atoms with van der Waals surface area (Å²) >= 11 is 0. The van der Waals surface area contributed by atoms with E-state index >= 15 is 0 Å². The Balaban J connectivity index is 1.45. The molecule has 1 saturated heterocycles. The van der Waals surface area contributed by atoms with Gasteiger partial charge in [0, 0.05) is 25.3 Å². The molecule has 4 rings (SSSR count). The number of carbonyl (C=O) groups is 2. The van der Waals surface area contributed by atoms with Crippen LogP contribution in [0.2, 0.25) is 0 Å². The predicted molar refractivity (Wildman–Crippen MR) is 107 cm³/mol. The summed E-state index contributed by atoms with van der Waals surface area (Å²) in [5.41, 5.74) is 3.54. The zero-order valence-corrected chi connectivity index (χ0v) is 15.8. The number of rotatable bonds is 3. The molecule has 0 bridgehead atoms. The summed E-state index contributed by atoms with van der Waals surface area (Å²) < 4.78 is 0. The molecule has 2 aliphatic rings. The SMILES string of the molecule is N#Cc1ccc2c(c1)N(C(=O)[C@@H]1CCCN(C(=O)Cc3ccccc3)C1)CC2. The number of benzene rings is 2. The molecule has 2 aromatic carbocycles. The lowest BCUT2D eigenvalue weighted by molar-refractivity contribution is -0.134. The van der Waals surface area contributed by atoms with Gasteiger partial charge in [0.2, 0.25) is 11.8 Å². The molecule has 2 heterocycles. The van der Waals surface area contributed by atoms with Crippen molar-refractivity contribution in [3.8, 4) is 6.07 Å². The summed E-state index contributed by atoms with van der Waals surface area (Å²) in [6, 6.07) is 17.4. The normalized spacial score (nSPS) is 18.5. The van der Waals surface area contributed by atoms with Crippen LogP contribution in [0.3, 0.4) is 0 Å². The molecule has 0 unspecified atom stereocenters. The van der Waals surface area contributed by atoms with Crippen molar-refractivity contribution in [2.45, 2.75) is 25.7 Å². The van der Waals surface area contributed by atoms with E-state index in [-0.39, 0.29) is 17.7 Å². The van der Waals surface area contributed by atoms with Gasteiger partial charge in [0.1, 0.15) is 0 Å². The van der Waals surface area contributed by atoms with E-state index in [2.05, 4.69) is 6.07 Å². The minimum Gasteiger partial charge on any atom is -0.342 e. The maximum absolute atomic E-state index is 13.2. The van der Waals surface area contributed by atoms with Crippen molar-refractivity contribution in [2.24, 2.45) is 5.92 Å². The molecule has 2 aliphatic heterocycles. The maximum atomic E-state index is 13.2. The zero-order chi connectivity index (χ0) is 19.5. The number of carbonyl (C=O) groups excluding carboxylic acids is 2. The first kappa shape index (κ1) is 18.2. The number of amides is 2. The molecule has 0 radical (unpaired) electrons. The van der Waals surface area contributed by atoms with Crippen molar-refractivity contribution < 1.29 is 9.59 Å². The number of hydrogen-bond donors (Lipinski definition) is 0. The highest BCUT2D eigenvalue weighted by Gasteiger charge is 2.34. The molecule has 2 amide bonds. The Bertz CT molecular complexity index is 933. The molecule has 1 atom stereocenters. The van der Waals surface area contributed by atoms with E-state index in [1.54, 1.807) is 12.1 Å². The van der Waals surface area contributed by atoms with Crippen LogP contribution in [0.25, 0.3) is 0 Å². The second kappa shape index (κ2) is 7.85. The predicted octanol–water partition coefficient (Wildman–Crippen LogP) is 2.93. The number of hydrogen-bond acceptors (Lipinski definition) is 3. The monoisotopic (exact) mass is 373 g/mol. The van der Waals surface area contributed by atoms with E-state index in [9.17, 15) is 9.59 Å². The average Bonchev–Trinajstić information content (AvgIpc) is 3.17. The third-order valence-electron chi connectivity index (χ3n) is 5.70. The first-order valence-corrected chi connectivity index (χ1v) is 9.82. The van der Waals surface area contributed by atoms with Gasteiger partial charge in [-0.25, -0.2) is 0 Å². The van der Waals surface area contributed by atoms with Gasteiger partial charge in [-0.3, -0.25) is 9.59 Å².